The first kappa shape index (κ1) is 17.4. The molecule has 1 atom stereocenters. The molecule has 3 rings (SSSR count). The molecule has 5 nitrogen and oxygen atoms in total. The maximum atomic E-state index is 6.11. The molecule has 132 valence electrons. The molecule has 0 aromatic heterocycles. The number of benzene rings is 1. The Morgan fingerprint density at radius 3 is 2.67 bits per heavy atom. The zero-order chi connectivity index (χ0) is 16.9. The van der Waals surface area contributed by atoms with Crippen molar-refractivity contribution in [3.05, 3.63) is 29.3 Å². The second-order valence-corrected chi connectivity index (χ2v) is 7.10. The van der Waals surface area contributed by atoms with Gasteiger partial charge in [0.25, 0.3) is 0 Å². The Morgan fingerprint density at radius 2 is 2.04 bits per heavy atom. The van der Waals surface area contributed by atoms with E-state index in [1.54, 1.807) is 0 Å². The highest BCUT2D eigenvalue weighted by Gasteiger charge is 2.23. The maximum Gasteiger partial charge on any atom is 0.193 e. The summed E-state index contributed by atoms with van der Waals surface area (Å²) in [6.07, 6.45) is 2.59. The minimum Gasteiger partial charge on any atom is -0.368 e. The van der Waals surface area contributed by atoms with E-state index in [0.29, 0.717) is 6.04 Å². The van der Waals surface area contributed by atoms with Crippen LogP contribution >= 0.6 is 11.6 Å². The van der Waals surface area contributed by atoms with Crippen LogP contribution in [0.5, 0.6) is 0 Å². The van der Waals surface area contributed by atoms with E-state index >= 15 is 0 Å². The molecule has 0 saturated carbocycles. The van der Waals surface area contributed by atoms with Gasteiger partial charge in [0.2, 0.25) is 0 Å². The minimum atomic E-state index is 0.634. The fourth-order valence-electron chi connectivity index (χ4n) is 3.63. The highest BCUT2D eigenvalue weighted by atomic mass is 35.5. The topological polar surface area (TPSA) is 34.1 Å². The molecule has 0 radical (unpaired) electrons. The Labute approximate surface area is 150 Å². The van der Waals surface area contributed by atoms with Crippen molar-refractivity contribution in [2.24, 2.45) is 4.99 Å². The third-order valence-corrected chi connectivity index (χ3v) is 5.37. The van der Waals surface area contributed by atoms with E-state index in [0.717, 1.165) is 43.7 Å². The van der Waals surface area contributed by atoms with E-state index < -0.39 is 0 Å². The van der Waals surface area contributed by atoms with Crippen molar-refractivity contribution in [3.8, 4) is 0 Å². The molecule has 0 spiro atoms. The second-order valence-electron chi connectivity index (χ2n) is 6.66. The molecule has 0 aliphatic carbocycles. The van der Waals surface area contributed by atoms with Gasteiger partial charge in [0.1, 0.15) is 0 Å². The number of guanidine groups is 1. The lowest BCUT2D eigenvalue weighted by atomic mass is 10.2. The fraction of sp³-hybridized carbons (Fsp3) is 0.611. The van der Waals surface area contributed by atoms with Gasteiger partial charge in [-0.15, -0.1) is 0 Å². The molecule has 2 aliphatic rings. The predicted octanol–water partition coefficient (Wildman–Crippen LogP) is 2.13. The zero-order valence-electron chi connectivity index (χ0n) is 14.7. The Hall–Kier alpha value is -1.46. The smallest absolute Gasteiger partial charge is 0.193 e. The quantitative estimate of drug-likeness (QED) is 0.669. The van der Waals surface area contributed by atoms with Gasteiger partial charge in [0.05, 0.1) is 0 Å². The van der Waals surface area contributed by atoms with Crippen LogP contribution < -0.4 is 10.2 Å². The first-order valence-electron chi connectivity index (χ1n) is 8.83. The van der Waals surface area contributed by atoms with Crippen molar-refractivity contribution in [2.75, 3.05) is 58.3 Å². The number of hydrogen-bond donors (Lipinski definition) is 1. The van der Waals surface area contributed by atoms with E-state index in [1.807, 2.05) is 25.2 Å². The van der Waals surface area contributed by atoms with Crippen LogP contribution in [0.1, 0.15) is 12.8 Å². The molecule has 2 saturated heterocycles. The van der Waals surface area contributed by atoms with Gasteiger partial charge in [-0.3, -0.25) is 4.99 Å². The number of likely N-dealkylation sites (tertiary alicyclic amines) is 1. The van der Waals surface area contributed by atoms with Gasteiger partial charge in [-0.1, -0.05) is 17.7 Å². The molecule has 6 heteroatoms. The average molecular weight is 350 g/mol. The highest BCUT2D eigenvalue weighted by Crippen LogP contribution is 2.21. The number of anilines is 1. The van der Waals surface area contributed by atoms with E-state index in [9.17, 15) is 0 Å². The molecule has 0 amide bonds. The number of aliphatic imine (C=N–C) groups is 1. The number of likely N-dealkylation sites (N-methyl/N-ethyl adjacent to an activating group) is 1. The van der Waals surface area contributed by atoms with Gasteiger partial charge < -0.3 is 20.0 Å². The Morgan fingerprint density at radius 1 is 1.25 bits per heavy atom. The molecule has 1 aromatic carbocycles. The summed E-state index contributed by atoms with van der Waals surface area (Å²) in [4.78, 5) is 11.7. The average Bonchev–Trinajstić information content (AvgIpc) is 3.01. The fourth-order valence-corrected chi connectivity index (χ4v) is 3.81. The molecule has 2 heterocycles. The van der Waals surface area contributed by atoms with Gasteiger partial charge in [-0.25, -0.2) is 0 Å². The van der Waals surface area contributed by atoms with Gasteiger partial charge in [-0.2, -0.15) is 0 Å². The number of hydrogen-bond acceptors (Lipinski definition) is 3. The van der Waals surface area contributed by atoms with Crippen molar-refractivity contribution in [3.63, 3.8) is 0 Å². The first-order chi connectivity index (χ1) is 11.7. The summed E-state index contributed by atoms with van der Waals surface area (Å²) in [7, 11) is 4.09. The summed E-state index contributed by atoms with van der Waals surface area (Å²) < 4.78 is 0. The predicted molar refractivity (Wildman–Crippen MR) is 102 cm³/mol. The van der Waals surface area contributed by atoms with Crippen molar-refractivity contribution in [2.45, 2.75) is 18.9 Å². The lowest BCUT2D eigenvalue weighted by Gasteiger charge is -2.38. The summed E-state index contributed by atoms with van der Waals surface area (Å²) in [5, 5.41) is 4.37. The summed E-state index contributed by atoms with van der Waals surface area (Å²) in [5.41, 5.74) is 1.21. The monoisotopic (exact) mass is 349 g/mol. The Kier molecular flexibility index (Phi) is 5.85. The Balaban J connectivity index is 1.51. The number of nitrogens with one attached hydrogen (secondary N) is 1. The zero-order valence-corrected chi connectivity index (χ0v) is 15.5. The summed E-state index contributed by atoms with van der Waals surface area (Å²) >= 11 is 6.11. The summed E-state index contributed by atoms with van der Waals surface area (Å²) in [6.45, 7) is 6.13. The van der Waals surface area contributed by atoms with Crippen LogP contribution in [0.15, 0.2) is 29.3 Å². The third kappa shape index (κ3) is 4.14. The molecule has 2 aliphatic heterocycles. The lowest BCUT2D eigenvalue weighted by Crippen LogP contribution is -2.54. The van der Waals surface area contributed by atoms with Gasteiger partial charge in [0, 0.05) is 56.5 Å². The maximum absolute atomic E-state index is 6.11. The Bertz CT molecular complexity index is 568. The van der Waals surface area contributed by atoms with Crippen molar-refractivity contribution in [1.29, 1.82) is 0 Å². The van der Waals surface area contributed by atoms with E-state index in [4.69, 9.17) is 11.6 Å². The largest absolute Gasteiger partial charge is 0.368 e. The van der Waals surface area contributed by atoms with Crippen LogP contribution in [-0.2, 0) is 0 Å². The summed E-state index contributed by atoms with van der Waals surface area (Å²) in [5.74, 6) is 1.03. The number of nitrogens with zero attached hydrogens (tertiary/aromatic N) is 4. The van der Waals surface area contributed by atoms with Gasteiger partial charge in [0.15, 0.2) is 5.96 Å². The number of halogens is 1. The minimum absolute atomic E-state index is 0.634. The molecular formula is C18H28ClN5. The molecule has 1 aromatic rings. The van der Waals surface area contributed by atoms with Crippen LogP contribution in [0.2, 0.25) is 5.02 Å². The SMILES string of the molecule is CN=C(NCC1CCCN1C)N1CCN(c2cccc(Cl)c2)CC1. The van der Waals surface area contributed by atoms with Gasteiger partial charge >= 0.3 is 0 Å². The van der Waals surface area contributed by atoms with Crippen LogP contribution in [0.4, 0.5) is 5.69 Å². The summed E-state index contributed by atoms with van der Waals surface area (Å²) in [6, 6.07) is 8.75. The second kappa shape index (κ2) is 8.08. The first-order valence-corrected chi connectivity index (χ1v) is 9.21. The standard InChI is InChI=1S/C18H28ClN5/c1-20-18(21-14-17-7-4-8-22(17)2)24-11-9-23(10-12-24)16-6-3-5-15(19)13-16/h3,5-6,13,17H,4,7-12,14H2,1-2H3,(H,20,21). The number of piperazine rings is 1. The number of rotatable bonds is 3. The molecule has 2 fully saturated rings. The molecule has 24 heavy (non-hydrogen) atoms. The molecule has 0 bridgehead atoms. The lowest BCUT2D eigenvalue weighted by molar-refractivity contribution is 0.303. The van der Waals surface area contributed by atoms with E-state index in [2.05, 4.69) is 38.1 Å². The third-order valence-electron chi connectivity index (χ3n) is 5.13. The van der Waals surface area contributed by atoms with Crippen molar-refractivity contribution in [1.82, 2.24) is 15.1 Å². The molecule has 1 N–H and O–H groups in total. The van der Waals surface area contributed by atoms with Crippen molar-refractivity contribution < 1.29 is 0 Å². The normalized spacial score (nSPS) is 23.0. The van der Waals surface area contributed by atoms with Crippen LogP contribution in [-0.4, -0.2) is 75.2 Å². The van der Waals surface area contributed by atoms with Crippen molar-refractivity contribution >= 4 is 23.2 Å². The van der Waals surface area contributed by atoms with Gasteiger partial charge in [-0.05, 0) is 44.6 Å². The molecular weight excluding hydrogens is 322 g/mol. The highest BCUT2D eigenvalue weighted by molar-refractivity contribution is 6.30. The van der Waals surface area contributed by atoms with E-state index in [1.165, 1.54) is 25.1 Å². The molecule has 1 unspecified atom stereocenters. The van der Waals surface area contributed by atoms with Crippen LogP contribution in [0.3, 0.4) is 0 Å². The van der Waals surface area contributed by atoms with Crippen LogP contribution in [0.25, 0.3) is 0 Å². The van der Waals surface area contributed by atoms with E-state index in [-0.39, 0.29) is 0 Å². The van der Waals surface area contributed by atoms with Crippen LogP contribution in [0, 0.1) is 0 Å².